The van der Waals surface area contributed by atoms with Crippen molar-refractivity contribution in [2.24, 2.45) is 0 Å². The van der Waals surface area contributed by atoms with Gasteiger partial charge in [-0.15, -0.1) is 11.6 Å². The van der Waals surface area contributed by atoms with E-state index in [1.807, 2.05) is 0 Å². The lowest BCUT2D eigenvalue weighted by Gasteiger charge is -2.43. The van der Waals surface area contributed by atoms with Crippen molar-refractivity contribution >= 4 is 17.5 Å². The second-order valence-corrected chi connectivity index (χ2v) is 10.0. The zero-order valence-electron chi connectivity index (χ0n) is 21.6. The highest BCUT2D eigenvalue weighted by Gasteiger charge is 2.48. The second-order valence-electron chi connectivity index (χ2n) is 9.75. The van der Waals surface area contributed by atoms with E-state index in [9.17, 15) is 35.4 Å². The van der Waals surface area contributed by atoms with E-state index >= 15 is 0 Å². The van der Waals surface area contributed by atoms with Crippen LogP contribution in [0.2, 0.25) is 0 Å². The summed E-state index contributed by atoms with van der Waals surface area (Å²) in [5.41, 5.74) is 0. The maximum absolute atomic E-state index is 11.9. The Morgan fingerprint density at radius 3 is 2.00 bits per heavy atom. The van der Waals surface area contributed by atoms with E-state index in [4.69, 9.17) is 16.3 Å². The fraction of sp³-hybridized carbons (Fsp3) is 0.885. The number of aliphatic hydroxyl groups is 6. The highest BCUT2D eigenvalue weighted by atomic mass is 35.5. The van der Waals surface area contributed by atoms with Crippen LogP contribution in [-0.2, 0) is 9.53 Å². The number of alkyl halides is 1. The third kappa shape index (κ3) is 11.7. The third-order valence-electron chi connectivity index (χ3n) is 6.76. The average Bonchev–Trinajstić information content (AvgIpc) is 2.88. The molecule has 0 bridgehead atoms. The predicted octanol–water partition coefficient (Wildman–Crippen LogP) is 1.53. The van der Waals surface area contributed by atoms with Gasteiger partial charge in [-0.25, -0.2) is 0 Å². The summed E-state index contributed by atoms with van der Waals surface area (Å²) in [6.07, 6.45) is 6.85. The van der Waals surface area contributed by atoms with Crippen LogP contribution in [0, 0.1) is 0 Å². The molecule has 0 spiro atoms. The van der Waals surface area contributed by atoms with Gasteiger partial charge < -0.3 is 40.7 Å². The van der Waals surface area contributed by atoms with Crippen molar-refractivity contribution in [3.05, 3.63) is 12.2 Å². The van der Waals surface area contributed by atoms with Crippen LogP contribution in [0.5, 0.6) is 0 Å². The predicted molar refractivity (Wildman–Crippen MR) is 139 cm³/mol. The highest BCUT2D eigenvalue weighted by Crippen LogP contribution is 2.25. The molecule has 0 saturated carbocycles. The molecule has 0 aliphatic carbocycles. The Morgan fingerprint density at radius 1 is 0.917 bits per heavy atom. The fourth-order valence-corrected chi connectivity index (χ4v) is 4.57. The Hall–Kier alpha value is -0.780. The first-order chi connectivity index (χ1) is 17.3. The van der Waals surface area contributed by atoms with Crippen molar-refractivity contribution in [1.82, 2.24) is 5.32 Å². The van der Waals surface area contributed by atoms with Gasteiger partial charge in [-0.3, -0.25) is 4.79 Å². The molecule has 1 amide bonds. The number of unbranched alkanes of at least 4 members (excludes halogenated alkanes) is 11. The van der Waals surface area contributed by atoms with Crippen LogP contribution in [0.3, 0.4) is 0 Å². The van der Waals surface area contributed by atoms with Crippen molar-refractivity contribution in [2.75, 3.05) is 12.5 Å². The Bertz CT molecular complexity index is 608. The average molecular weight is 538 g/mol. The highest BCUT2D eigenvalue weighted by molar-refractivity contribution is 6.27. The largest absolute Gasteiger partial charge is 0.394 e. The van der Waals surface area contributed by atoms with E-state index in [1.165, 1.54) is 57.4 Å². The van der Waals surface area contributed by atoms with Crippen molar-refractivity contribution in [2.45, 2.75) is 133 Å². The second kappa shape index (κ2) is 19.3. The molecule has 1 rings (SSSR count). The minimum absolute atomic E-state index is 0.410. The van der Waals surface area contributed by atoms with Gasteiger partial charge in [0.1, 0.15) is 42.5 Å². The smallest absolute Gasteiger partial charge is 0.235 e. The summed E-state index contributed by atoms with van der Waals surface area (Å²) in [5, 5.41) is 63.5. The number of allylic oxidation sites excluding steroid dienone is 1. The molecule has 36 heavy (non-hydrogen) atoms. The molecule has 1 aliphatic rings. The standard InChI is InChI=1S/C26H48ClNO8/c1-2-3-4-5-6-7-8-9-10-11-12-13-14-15-18(30)21(28-20(31)16-27)23(33)26-25(35)24(34)22(32)19(17-29)36-26/h14-15,18-19,21-26,29-30,32-35H,2-13,16-17H2,1H3,(H,28,31)/b15-14+/t18-,19-,21-,22-,23?,24+,25-,26?/m1/s1. The van der Waals surface area contributed by atoms with Crippen LogP contribution in [-0.4, -0.2) is 97.8 Å². The lowest BCUT2D eigenvalue weighted by Crippen LogP contribution is -2.66. The number of carbonyl (C=O) groups excluding carboxylic acids is 1. The number of halogens is 1. The first-order valence-corrected chi connectivity index (χ1v) is 14.0. The van der Waals surface area contributed by atoms with Gasteiger partial charge in [0.15, 0.2) is 0 Å². The molecule has 1 aliphatic heterocycles. The Kier molecular flexibility index (Phi) is 17.8. The molecule has 1 fully saturated rings. The topological polar surface area (TPSA) is 160 Å². The maximum Gasteiger partial charge on any atom is 0.235 e. The zero-order valence-corrected chi connectivity index (χ0v) is 22.3. The summed E-state index contributed by atoms with van der Waals surface area (Å²) in [5.74, 6) is -1.06. The van der Waals surface area contributed by atoms with Crippen LogP contribution >= 0.6 is 11.6 Å². The zero-order chi connectivity index (χ0) is 26.9. The Labute approximate surface area is 220 Å². The van der Waals surface area contributed by atoms with Gasteiger partial charge in [-0.2, -0.15) is 0 Å². The molecule has 1 saturated heterocycles. The first kappa shape index (κ1) is 33.2. The number of aliphatic hydroxyl groups excluding tert-OH is 6. The molecule has 2 unspecified atom stereocenters. The summed E-state index contributed by atoms with van der Waals surface area (Å²) in [6.45, 7) is 1.57. The summed E-state index contributed by atoms with van der Waals surface area (Å²) in [7, 11) is 0. The van der Waals surface area contributed by atoms with Crippen LogP contribution in [0.1, 0.15) is 84.0 Å². The molecule has 212 valence electrons. The van der Waals surface area contributed by atoms with Crippen LogP contribution < -0.4 is 5.32 Å². The number of rotatable bonds is 19. The van der Waals surface area contributed by atoms with Gasteiger partial charge in [0.25, 0.3) is 0 Å². The van der Waals surface area contributed by atoms with E-state index in [-0.39, 0.29) is 0 Å². The SMILES string of the molecule is CCCCCCCCCCCCC/C=C/[C@@H](O)[C@@H](NC(=O)CCl)C(O)C1O[C@H](CO)[C@@H](O)[C@H](O)[C@H]1O. The van der Waals surface area contributed by atoms with Gasteiger partial charge in [0, 0.05) is 0 Å². The lowest BCUT2D eigenvalue weighted by molar-refractivity contribution is -0.253. The number of hydrogen-bond donors (Lipinski definition) is 7. The maximum atomic E-state index is 11.9. The van der Waals surface area contributed by atoms with E-state index in [1.54, 1.807) is 6.08 Å². The van der Waals surface area contributed by atoms with Crippen LogP contribution in [0.15, 0.2) is 12.2 Å². The molecule has 0 aromatic carbocycles. The van der Waals surface area contributed by atoms with E-state index in [0.717, 1.165) is 25.7 Å². The van der Waals surface area contributed by atoms with Gasteiger partial charge in [0.2, 0.25) is 5.91 Å². The van der Waals surface area contributed by atoms with Crippen molar-refractivity contribution in [3.63, 3.8) is 0 Å². The van der Waals surface area contributed by atoms with Crippen molar-refractivity contribution < 1.29 is 40.2 Å². The molecular formula is C26H48ClNO8. The van der Waals surface area contributed by atoms with E-state index < -0.39 is 67.2 Å². The van der Waals surface area contributed by atoms with Crippen LogP contribution in [0.25, 0.3) is 0 Å². The number of nitrogens with one attached hydrogen (secondary N) is 1. The normalized spacial score (nSPS) is 27.2. The first-order valence-electron chi connectivity index (χ1n) is 13.5. The Morgan fingerprint density at radius 2 is 1.47 bits per heavy atom. The monoisotopic (exact) mass is 537 g/mol. The number of carbonyl (C=O) groups is 1. The molecule has 9 nitrogen and oxygen atoms in total. The van der Waals surface area contributed by atoms with Gasteiger partial charge >= 0.3 is 0 Å². The fourth-order valence-electron chi connectivity index (χ4n) is 4.50. The van der Waals surface area contributed by atoms with Gasteiger partial charge in [0.05, 0.1) is 18.8 Å². The summed E-state index contributed by atoms with van der Waals surface area (Å²) < 4.78 is 5.38. The molecule has 1 heterocycles. The molecule has 8 atom stereocenters. The van der Waals surface area contributed by atoms with Crippen molar-refractivity contribution in [1.29, 1.82) is 0 Å². The summed E-state index contributed by atoms with van der Waals surface area (Å²) in [4.78, 5) is 11.9. The minimum atomic E-state index is -1.71. The third-order valence-corrected chi connectivity index (χ3v) is 7.00. The summed E-state index contributed by atoms with van der Waals surface area (Å²) >= 11 is 5.56. The quantitative estimate of drug-likeness (QED) is 0.0741. The molecule has 7 N–H and O–H groups in total. The van der Waals surface area contributed by atoms with Crippen molar-refractivity contribution in [3.8, 4) is 0 Å². The van der Waals surface area contributed by atoms with Gasteiger partial charge in [-0.1, -0.05) is 83.3 Å². The molecule has 10 heteroatoms. The van der Waals surface area contributed by atoms with Gasteiger partial charge in [-0.05, 0) is 12.8 Å². The van der Waals surface area contributed by atoms with Crippen LogP contribution in [0.4, 0.5) is 0 Å². The van der Waals surface area contributed by atoms with E-state index in [0.29, 0.717) is 0 Å². The lowest BCUT2D eigenvalue weighted by atomic mass is 9.88. The number of amides is 1. The molecule has 0 aromatic rings. The molecule has 0 aromatic heterocycles. The minimum Gasteiger partial charge on any atom is -0.394 e. The van der Waals surface area contributed by atoms with E-state index in [2.05, 4.69) is 12.2 Å². The molecule has 0 radical (unpaired) electrons. The molecular weight excluding hydrogens is 490 g/mol. The summed E-state index contributed by atoms with van der Waals surface area (Å²) in [6, 6.07) is -1.30. The number of ether oxygens (including phenoxy) is 1. The Balaban J connectivity index is 2.51. The number of hydrogen-bond acceptors (Lipinski definition) is 8.